The molecule has 0 saturated heterocycles. The molecule has 0 aliphatic rings. The number of halogens is 1. The first-order valence-corrected chi connectivity index (χ1v) is 8.74. The summed E-state index contributed by atoms with van der Waals surface area (Å²) >= 11 is 6.09. The van der Waals surface area contributed by atoms with Crippen LogP contribution in [0.4, 0.5) is 0 Å². The molecular formula is C22H18ClNO2. The molecule has 3 aromatic carbocycles. The van der Waals surface area contributed by atoms with Crippen molar-refractivity contribution in [3.8, 4) is 0 Å². The first-order chi connectivity index (χ1) is 12.6. The van der Waals surface area contributed by atoms with Gasteiger partial charge in [-0.1, -0.05) is 66.2 Å². The lowest BCUT2D eigenvalue weighted by Gasteiger charge is -2.11. The van der Waals surface area contributed by atoms with Gasteiger partial charge in [-0.3, -0.25) is 9.59 Å². The van der Waals surface area contributed by atoms with Gasteiger partial charge in [-0.05, 0) is 36.2 Å². The Balaban J connectivity index is 1.72. The zero-order chi connectivity index (χ0) is 18.4. The number of amides is 1. The van der Waals surface area contributed by atoms with Gasteiger partial charge in [0, 0.05) is 28.3 Å². The molecular weight excluding hydrogens is 346 g/mol. The number of carbonyl (C=O) groups excluding carboxylic acids is 2. The van der Waals surface area contributed by atoms with Gasteiger partial charge in [0.1, 0.15) is 0 Å². The Morgan fingerprint density at radius 3 is 2.08 bits per heavy atom. The van der Waals surface area contributed by atoms with Gasteiger partial charge in [0.25, 0.3) is 5.91 Å². The van der Waals surface area contributed by atoms with Crippen LogP contribution in [0.5, 0.6) is 0 Å². The van der Waals surface area contributed by atoms with Crippen LogP contribution < -0.4 is 5.32 Å². The molecule has 0 bridgehead atoms. The Hall–Kier alpha value is -2.91. The van der Waals surface area contributed by atoms with Crippen LogP contribution in [-0.4, -0.2) is 18.2 Å². The average Bonchev–Trinajstić information content (AvgIpc) is 2.69. The predicted octanol–water partition coefficient (Wildman–Crippen LogP) is 4.54. The number of hydrogen-bond donors (Lipinski definition) is 1. The molecule has 0 atom stereocenters. The summed E-state index contributed by atoms with van der Waals surface area (Å²) in [5.41, 5.74) is 2.66. The molecule has 1 amide bonds. The van der Waals surface area contributed by atoms with E-state index in [0.717, 1.165) is 5.56 Å². The standard InChI is InChI=1S/C22H18ClNO2/c23-19-12-11-16(13-14-24-22(26)18-9-5-2-6-10-18)20(15-19)21(25)17-7-3-1-4-8-17/h1-12,15H,13-14H2,(H,24,26). The summed E-state index contributed by atoms with van der Waals surface area (Å²) in [5.74, 6) is -0.201. The number of hydrogen-bond acceptors (Lipinski definition) is 2. The molecule has 0 aliphatic carbocycles. The van der Waals surface area contributed by atoms with E-state index in [4.69, 9.17) is 11.6 Å². The summed E-state index contributed by atoms with van der Waals surface area (Å²) in [5, 5.41) is 3.40. The lowest BCUT2D eigenvalue weighted by atomic mass is 9.96. The summed E-state index contributed by atoms with van der Waals surface area (Å²) in [4.78, 5) is 24.9. The lowest BCUT2D eigenvalue weighted by molar-refractivity contribution is 0.0954. The summed E-state index contributed by atoms with van der Waals surface area (Å²) in [6, 6.07) is 23.4. The Bertz CT molecular complexity index is 908. The SMILES string of the molecule is O=C(NCCc1ccc(Cl)cc1C(=O)c1ccccc1)c1ccccc1. The fourth-order valence-corrected chi connectivity index (χ4v) is 2.90. The minimum Gasteiger partial charge on any atom is -0.352 e. The maximum atomic E-state index is 12.8. The maximum absolute atomic E-state index is 12.8. The van der Waals surface area contributed by atoms with Crippen molar-refractivity contribution in [2.75, 3.05) is 6.54 Å². The molecule has 26 heavy (non-hydrogen) atoms. The van der Waals surface area contributed by atoms with Crippen LogP contribution in [0.25, 0.3) is 0 Å². The second-order valence-corrected chi connectivity index (χ2v) is 6.30. The van der Waals surface area contributed by atoms with Crippen LogP contribution in [0.15, 0.2) is 78.9 Å². The van der Waals surface area contributed by atoms with E-state index in [9.17, 15) is 9.59 Å². The molecule has 3 nitrogen and oxygen atoms in total. The summed E-state index contributed by atoms with van der Waals surface area (Å²) < 4.78 is 0. The highest BCUT2D eigenvalue weighted by molar-refractivity contribution is 6.31. The first-order valence-electron chi connectivity index (χ1n) is 8.36. The molecule has 130 valence electrons. The highest BCUT2D eigenvalue weighted by atomic mass is 35.5. The van der Waals surface area contributed by atoms with E-state index >= 15 is 0 Å². The smallest absolute Gasteiger partial charge is 0.251 e. The molecule has 0 spiro atoms. The quantitative estimate of drug-likeness (QED) is 0.653. The van der Waals surface area contributed by atoms with Crippen molar-refractivity contribution in [1.82, 2.24) is 5.32 Å². The van der Waals surface area contributed by atoms with E-state index in [2.05, 4.69) is 5.32 Å². The van der Waals surface area contributed by atoms with Crippen molar-refractivity contribution in [2.24, 2.45) is 0 Å². The number of ketones is 1. The van der Waals surface area contributed by atoms with Gasteiger partial charge >= 0.3 is 0 Å². The van der Waals surface area contributed by atoms with E-state index in [1.54, 1.807) is 36.4 Å². The van der Waals surface area contributed by atoms with Crippen molar-refractivity contribution >= 4 is 23.3 Å². The fourth-order valence-electron chi connectivity index (χ4n) is 2.73. The van der Waals surface area contributed by atoms with E-state index < -0.39 is 0 Å². The molecule has 1 N–H and O–H groups in total. The molecule has 0 heterocycles. The molecule has 0 aliphatic heterocycles. The van der Waals surface area contributed by atoms with Crippen LogP contribution in [-0.2, 0) is 6.42 Å². The molecule has 0 radical (unpaired) electrons. The zero-order valence-electron chi connectivity index (χ0n) is 14.1. The molecule has 0 saturated carbocycles. The van der Waals surface area contributed by atoms with Gasteiger partial charge < -0.3 is 5.32 Å². The normalized spacial score (nSPS) is 10.3. The molecule has 0 fully saturated rings. The Morgan fingerprint density at radius 1 is 0.808 bits per heavy atom. The summed E-state index contributed by atoms with van der Waals surface area (Å²) in [6.07, 6.45) is 0.545. The first kappa shape index (κ1) is 17.9. The zero-order valence-corrected chi connectivity index (χ0v) is 14.9. The van der Waals surface area contributed by atoms with Crippen molar-refractivity contribution < 1.29 is 9.59 Å². The van der Waals surface area contributed by atoms with Crippen LogP contribution >= 0.6 is 11.6 Å². The fraction of sp³-hybridized carbons (Fsp3) is 0.0909. The second kappa shape index (κ2) is 8.45. The number of nitrogens with one attached hydrogen (secondary N) is 1. The Kier molecular flexibility index (Phi) is 5.82. The lowest BCUT2D eigenvalue weighted by Crippen LogP contribution is -2.26. The minimum atomic E-state index is -0.129. The van der Waals surface area contributed by atoms with Crippen LogP contribution in [0.1, 0.15) is 31.8 Å². The predicted molar refractivity (Wildman–Crippen MR) is 104 cm³/mol. The summed E-state index contributed by atoms with van der Waals surface area (Å²) in [6.45, 7) is 0.435. The Labute approximate surface area is 157 Å². The average molecular weight is 364 g/mol. The van der Waals surface area contributed by atoms with Crippen LogP contribution in [0, 0.1) is 0 Å². The molecule has 4 heteroatoms. The molecule has 3 aromatic rings. The number of rotatable bonds is 6. The third kappa shape index (κ3) is 4.38. The van der Waals surface area contributed by atoms with Gasteiger partial charge in [0.2, 0.25) is 0 Å². The van der Waals surface area contributed by atoms with Gasteiger partial charge in [0.05, 0.1) is 0 Å². The van der Waals surface area contributed by atoms with Gasteiger partial charge in [-0.2, -0.15) is 0 Å². The van der Waals surface area contributed by atoms with E-state index in [1.807, 2.05) is 42.5 Å². The van der Waals surface area contributed by atoms with Crippen molar-refractivity contribution in [1.29, 1.82) is 0 Å². The largest absolute Gasteiger partial charge is 0.352 e. The van der Waals surface area contributed by atoms with Crippen LogP contribution in [0.3, 0.4) is 0 Å². The third-order valence-corrected chi connectivity index (χ3v) is 4.30. The summed E-state index contributed by atoms with van der Waals surface area (Å²) in [7, 11) is 0. The molecule has 0 aromatic heterocycles. The maximum Gasteiger partial charge on any atom is 0.251 e. The van der Waals surface area contributed by atoms with E-state index in [1.165, 1.54) is 0 Å². The van der Waals surface area contributed by atoms with E-state index in [0.29, 0.717) is 34.7 Å². The van der Waals surface area contributed by atoms with Crippen molar-refractivity contribution in [3.63, 3.8) is 0 Å². The van der Waals surface area contributed by atoms with Gasteiger partial charge in [-0.25, -0.2) is 0 Å². The topological polar surface area (TPSA) is 46.2 Å². The van der Waals surface area contributed by atoms with Crippen LogP contribution in [0.2, 0.25) is 5.02 Å². The molecule has 0 unspecified atom stereocenters. The monoisotopic (exact) mass is 363 g/mol. The second-order valence-electron chi connectivity index (χ2n) is 5.87. The number of benzene rings is 3. The highest BCUT2D eigenvalue weighted by Crippen LogP contribution is 2.20. The van der Waals surface area contributed by atoms with Crippen molar-refractivity contribution in [2.45, 2.75) is 6.42 Å². The third-order valence-electron chi connectivity index (χ3n) is 4.07. The van der Waals surface area contributed by atoms with Gasteiger partial charge in [-0.15, -0.1) is 0 Å². The minimum absolute atomic E-state index is 0.0718. The van der Waals surface area contributed by atoms with Gasteiger partial charge in [0.15, 0.2) is 5.78 Å². The number of carbonyl (C=O) groups is 2. The molecule has 3 rings (SSSR count). The van der Waals surface area contributed by atoms with E-state index in [-0.39, 0.29) is 11.7 Å². The highest BCUT2D eigenvalue weighted by Gasteiger charge is 2.14. The van der Waals surface area contributed by atoms with Crippen molar-refractivity contribution in [3.05, 3.63) is 106 Å². The Morgan fingerprint density at radius 2 is 1.42 bits per heavy atom.